The minimum absolute atomic E-state index is 0.00559. The van der Waals surface area contributed by atoms with Crippen molar-refractivity contribution in [2.24, 2.45) is 0 Å². The van der Waals surface area contributed by atoms with Crippen molar-refractivity contribution >= 4 is 34.7 Å². The van der Waals surface area contributed by atoms with Crippen LogP contribution in [0.4, 0.5) is 14.5 Å². The fourth-order valence-electron chi connectivity index (χ4n) is 3.25. The summed E-state index contributed by atoms with van der Waals surface area (Å²) >= 11 is 5.95. The molecular weight excluding hydrogens is 486 g/mol. The Morgan fingerprint density at radius 2 is 1.88 bits per heavy atom. The number of anilines is 1. The number of rotatable bonds is 10. The van der Waals surface area contributed by atoms with Gasteiger partial charge in [-0.15, -0.1) is 0 Å². The van der Waals surface area contributed by atoms with Crippen LogP contribution in [0, 0.1) is 18.6 Å². The summed E-state index contributed by atoms with van der Waals surface area (Å²) in [7, 11) is -2.09. The number of nitrogens with one attached hydrogen (secondary N) is 2. The number of phenols is 1. The molecule has 10 heteroatoms. The molecule has 6 nitrogen and oxygen atoms in total. The lowest BCUT2D eigenvalue weighted by Crippen LogP contribution is -2.30. The Labute approximate surface area is 203 Å². The zero-order chi connectivity index (χ0) is 24.8. The quantitative estimate of drug-likeness (QED) is 0.323. The molecule has 180 valence electrons. The fraction of sp³-hybridized carbons (Fsp3) is 0.208. The van der Waals surface area contributed by atoms with Crippen LogP contribution in [0.3, 0.4) is 0 Å². The zero-order valence-corrected chi connectivity index (χ0v) is 20.0. The minimum Gasteiger partial charge on any atom is -0.505 e. The van der Waals surface area contributed by atoms with Crippen LogP contribution in [-0.4, -0.2) is 28.4 Å². The predicted molar refractivity (Wildman–Crippen MR) is 128 cm³/mol. The third kappa shape index (κ3) is 5.84. The van der Waals surface area contributed by atoms with Gasteiger partial charge in [-0.2, -0.15) is 0 Å². The molecule has 3 aromatic rings. The molecule has 3 N–H and O–H groups in total. The number of carbonyl (C=O) groups excluding carboxylic acids is 1. The number of ether oxygens (including phenoxy) is 1. The van der Waals surface area contributed by atoms with Crippen LogP contribution < -0.4 is 14.8 Å². The Bertz CT molecular complexity index is 1230. The van der Waals surface area contributed by atoms with Crippen LogP contribution in [-0.2, 0) is 15.8 Å². The molecule has 0 radical (unpaired) electrons. The number of benzene rings is 3. The van der Waals surface area contributed by atoms with E-state index in [0.717, 1.165) is 0 Å². The Morgan fingerprint density at radius 1 is 1.15 bits per heavy atom. The number of phenolic OH excluding ortho intramolecular Hbond substituents is 1. The highest BCUT2D eigenvalue weighted by molar-refractivity contribution is 7.86. The SMILES string of the molecule is CCC(CNC=O)Oc1ccccc1-c1cc(NS(=O)c2cc(C)cc(Cl)c2O)c(F)cc1F. The smallest absolute Gasteiger partial charge is 0.207 e. The molecule has 0 aliphatic heterocycles. The number of hydrogen-bond acceptors (Lipinski definition) is 4. The number of carbonyl (C=O) groups is 1. The summed E-state index contributed by atoms with van der Waals surface area (Å²) in [5.74, 6) is -1.87. The molecule has 0 fully saturated rings. The van der Waals surface area contributed by atoms with Crippen molar-refractivity contribution in [2.75, 3.05) is 11.3 Å². The number of halogens is 3. The molecule has 2 unspecified atom stereocenters. The molecular formula is C24H23ClF2N2O4S. The fourth-order valence-corrected chi connectivity index (χ4v) is 4.63. The van der Waals surface area contributed by atoms with Crippen molar-refractivity contribution in [1.82, 2.24) is 5.32 Å². The molecule has 3 rings (SSSR count). The Hall–Kier alpha value is -3.17. The van der Waals surface area contributed by atoms with E-state index in [1.54, 1.807) is 31.2 Å². The van der Waals surface area contributed by atoms with Gasteiger partial charge in [0.1, 0.15) is 28.4 Å². The Balaban J connectivity index is 1.97. The maximum Gasteiger partial charge on any atom is 0.207 e. The zero-order valence-electron chi connectivity index (χ0n) is 18.4. The van der Waals surface area contributed by atoms with Crippen LogP contribution in [0.15, 0.2) is 53.4 Å². The number of amides is 1. The number of hydrogen-bond donors (Lipinski definition) is 3. The highest BCUT2D eigenvalue weighted by atomic mass is 35.5. The van der Waals surface area contributed by atoms with Gasteiger partial charge in [-0.3, -0.25) is 9.52 Å². The Kier molecular flexibility index (Phi) is 8.46. The Morgan fingerprint density at radius 3 is 2.59 bits per heavy atom. The van der Waals surface area contributed by atoms with E-state index in [0.29, 0.717) is 35.8 Å². The van der Waals surface area contributed by atoms with Crippen LogP contribution >= 0.6 is 11.6 Å². The number of aromatic hydroxyl groups is 1. The lowest BCUT2D eigenvalue weighted by molar-refractivity contribution is -0.109. The lowest BCUT2D eigenvalue weighted by atomic mass is 10.0. The van der Waals surface area contributed by atoms with E-state index >= 15 is 0 Å². The first-order valence-electron chi connectivity index (χ1n) is 10.3. The largest absolute Gasteiger partial charge is 0.505 e. The second-order valence-electron chi connectivity index (χ2n) is 7.45. The van der Waals surface area contributed by atoms with Crippen LogP contribution in [0.2, 0.25) is 5.02 Å². The van der Waals surface area contributed by atoms with Gasteiger partial charge in [-0.25, -0.2) is 13.0 Å². The van der Waals surface area contributed by atoms with Gasteiger partial charge in [0.2, 0.25) is 6.41 Å². The van der Waals surface area contributed by atoms with E-state index in [4.69, 9.17) is 16.3 Å². The summed E-state index contributed by atoms with van der Waals surface area (Å²) in [6.07, 6.45) is 0.776. The van der Waals surface area contributed by atoms with Crippen molar-refractivity contribution in [3.05, 3.63) is 70.8 Å². The molecule has 3 aromatic carbocycles. The molecule has 0 heterocycles. The summed E-state index contributed by atoms with van der Waals surface area (Å²) < 4.78 is 50.7. The maximum atomic E-state index is 14.8. The number of aryl methyl sites for hydroxylation is 1. The van der Waals surface area contributed by atoms with Gasteiger partial charge in [0, 0.05) is 17.2 Å². The normalized spacial score (nSPS) is 12.6. The van der Waals surface area contributed by atoms with Crippen molar-refractivity contribution in [1.29, 1.82) is 0 Å². The van der Waals surface area contributed by atoms with Crippen LogP contribution in [0.1, 0.15) is 18.9 Å². The molecule has 1 amide bonds. The first-order chi connectivity index (χ1) is 16.2. The van der Waals surface area contributed by atoms with E-state index in [1.165, 1.54) is 18.2 Å². The van der Waals surface area contributed by atoms with Crippen molar-refractivity contribution in [2.45, 2.75) is 31.3 Å². The second kappa shape index (κ2) is 11.3. The molecule has 2 atom stereocenters. The summed E-state index contributed by atoms with van der Waals surface area (Å²) in [6.45, 7) is 3.84. The molecule has 0 saturated heterocycles. The molecule has 0 saturated carbocycles. The van der Waals surface area contributed by atoms with E-state index in [9.17, 15) is 22.9 Å². The average molecular weight is 509 g/mol. The second-order valence-corrected chi connectivity index (χ2v) is 9.04. The van der Waals surface area contributed by atoms with Gasteiger partial charge in [0.25, 0.3) is 0 Å². The summed E-state index contributed by atoms with van der Waals surface area (Å²) in [5.41, 5.74) is 0.770. The van der Waals surface area contributed by atoms with Crippen molar-refractivity contribution < 1.29 is 27.6 Å². The first kappa shape index (κ1) is 25.5. The topological polar surface area (TPSA) is 87.7 Å². The van der Waals surface area contributed by atoms with Crippen LogP contribution in [0.5, 0.6) is 11.5 Å². The number of para-hydroxylation sites is 1. The third-order valence-electron chi connectivity index (χ3n) is 4.99. The lowest BCUT2D eigenvalue weighted by Gasteiger charge is -2.20. The molecule has 34 heavy (non-hydrogen) atoms. The maximum absolute atomic E-state index is 14.8. The first-order valence-corrected chi connectivity index (χ1v) is 11.9. The van der Waals surface area contributed by atoms with Gasteiger partial charge >= 0.3 is 0 Å². The molecule has 0 bridgehead atoms. The van der Waals surface area contributed by atoms with Crippen molar-refractivity contribution in [3.8, 4) is 22.6 Å². The summed E-state index contributed by atoms with van der Waals surface area (Å²) in [6, 6.07) is 11.4. The monoisotopic (exact) mass is 508 g/mol. The average Bonchev–Trinajstić information content (AvgIpc) is 2.81. The third-order valence-corrected chi connectivity index (χ3v) is 6.39. The van der Waals surface area contributed by atoms with E-state index < -0.39 is 28.4 Å². The van der Waals surface area contributed by atoms with E-state index in [1.807, 2.05) is 6.92 Å². The van der Waals surface area contributed by atoms with Gasteiger partial charge in [0.15, 0.2) is 16.7 Å². The van der Waals surface area contributed by atoms with Gasteiger partial charge < -0.3 is 15.2 Å². The van der Waals surface area contributed by atoms with E-state index in [2.05, 4.69) is 10.0 Å². The standard InChI is InChI=1S/C24H23ClF2N2O4S/c1-3-15(12-28-13-30)33-22-7-5-4-6-16(22)17-10-21(20(27)11-19(17)26)29-34(32)23-9-14(2)8-18(25)24(23)31/h4-11,13,15,29,31H,3,12H2,1-2H3,(H,28,30). The van der Waals surface area contributed by atoms with Crippen molar-refractivity contribution in [3.63, 3.8) is 0 Å². The molecule has 0 aliphatic rings. The summed E-state index contributed by atoms with van der Waals surface area (Å²) in [5, 5.41) is 12.7. The minimum atomic E-state index is -2.09. The predicted octanol–water partition coefficient (Wildman–Crippen LogP) is 5.34. The molecule has 0 aromatic heterocycles. The highest BCUT2D eigenvalue weighted by Gasteiger charge is 2.20. The summed E-state index contributed by atoms with van der Waals surface area (Å²) in [4.78, 5) is 10.6. The molecule has 0 spiro atoms. The van der Waals surface area contributed by atoms with Gasteiger partial charge in [-0.05, 0) is 43.2 Å². The van der Waals surface area contributed by atoms with Gasteiger partial charge in [0.05, 0.1) is 17.3 Å². The van der Waals surface area contributed by atoms with Crippen LogP contribution in [0.25, 0.3) is 11.1 Å². The highest BCUT2D eigenvalue weighted by Crippen LogP contribution is 2.36. The van der Waals surface area contributed by atoms with E-state index in [-0.39, 0.29) is 33.8 Å². The molecule has 0 aliphatic carbocycles. The van der Waals surface area contributed by atoms with Gasteiger partial charge in [-0.1, -0.05) is 36.7 Å².